The van der Waals surface area contributed by atoms with Crippen LogP contribution in [0.25, 0.3) is 0 Å². The normalized spacial score (nSPS) is 14.3. The van der Waals surface area contributed by atoms with Crippen molar-refractivity contribution in [2.24, 2.45) is 23.3 Å². The van der Waals surface area contributed by atoms with E-state index in [0.29, 0.717) is 17.7 Å². The van der Waals surface area contributed by atoms with Gasteiger partial charge in [-0.2, -0.15) is 0 Å². The SMILES string of the molecule is C=C(NCC)C(C)Cc1ccccc1.C=CN.C=CNC(CCCN)C(=C)N1CCSC(C(C)=N)C1.CC(C)C.Cc1ccccc1. The highest BCUT2D eigenvalue weighted by Gasteiger charge is 2.25. The van der Waals surface area contributed by atoms with Gasteiger partial charge in [0.25, 0.3) is 0 Å². The van der Waals surface area contributed by atoms with Gasteiger partial charge in [0.15, 0.2) is 0 Å². The molecule has 1 heterocycles. The van der Waals surface area contributed by atoms with Crippen molar-refractivity contribution < 1.29 is 0 Å². The van der Waals surface area contributed by atoms with Crippen LogP contribution >= 0.6 is 11.8 Å². The number of nitrogens with two attached hydrogens (primary N) is 2. The van der Waals surface area contributed by atoms with Gasteiger partial charge in [-0.05, 0) is 76.4 Å². The molecule has 1 aliphatic heterocycles. The molecule has 0 spiro atoms. The molecule has 1 fully saturated rings. The fourth-order valence-electron chi connectivity index (χ4n) is 4.23. The molecule has 2 aromatic carbocycles. The summed E-state index contributed by atoms with van der Waals surface area (Å²) >= 11 is 1.87. The van der Waals surface area contributed by atoms with E-state index < -0.39 is 0 Å². The summed E-state index contributed by atoms with van der Waals surface area (Å²) in [7, 11) is 0. The lowest BCUT2D eigenvalue weighted by molar-refractivity contribution is 0.330. The van der Waals surface area contributed by atoms with Crippen LogP contribution in [-0.4, -0.2) is 53.8 Å². The third kappa shape index (κ3) is 25.4. The molecule has 1 aliphatic rings. The van der Waals surface area contributed by atoms with Gasteiger partial charge in [-0.15, -0.1) is 11.8 Å². The van der Waals surface area contributed by atoms with Gasteiger partial charge in [0.2, 0.25) is 0 Å². The molecule has 7 heteroatoms. The summed E-state index contributed by atoms with van der Waals surface area (Å²) in [5, 5.41) is 14.6. The van der Waals surface area contributed by atoms with Gasteiger partial charge in [0.1, 0.15) is 0 Å². The molecule has 3 unspecified atom stereocenters. The molecule has 3 atom stereocenters. The Kier molecular flexibility index (Phi) is 29.1. The fraction of sp³-hybridized carbons (Fsp3) is 0.475. The lowest BCUT2D eigenvalue weighted by Crippen LogP contribution is -2.44. The van der Waals surface area contributed by atoms with Gasteiger partial charge in [-0.25, -0.2) is 0 Å². The molecular weight excluding hydrogens is 597 g/mol. The topological polar surface area (TPSA) is 103 Å². The average Bonchev–Trinajstić information content (AvgIpc) is 3.04. The van der Waals surface area contributed by atoms with E-state index >= 15 is 0 Å². The Labute approximate surface area is 293 Å². The predicted molar refractivity (Wildman–Crippen MR) is 214 cm³/mol. The first-order chi connectivity index (χ1) is 22.4. The summed E-state index contributed by atoms with van der Waals surface area (Å²) in [6.45, 7) is 33.5. The highest BCUT2D eigenvalue weighted by Crippen LogP contribution is 2.24. The van der Waals surface area contributed by atoms with E-state index in [1.165, 1.54) is 17.3 Å². The number of thioether (sulfide) groups is 1. The van der Waals surface area contributed by atoms with E-state index in [0.717, 1.165) is 67.7 Å². The predicted octanol–water partition coefficient (Wildman–Crippen LogP) is 8.53. The molecule has 2 aromatic rings. The lowest BCUT2D eigenvalue weighted by atomic mass is 9.99. The first kappa shape index (κ1) is 45.7. The fourth-order valence-corrected chi connectivity index (χ4v) is 5.38. The molecule has 264 valence electrons. The molecule has 47 heavy (non-hydrogen) atoms. The van der Waals surface area contributed by atoms with Crippen molar-refractivity contribution >= 4 is 17.5 Å². The summed E-state index contributed by atoms with van der Waals surface area (Å²) < 4.78 is 0. The summed E-state index contributed by atoms with van der Waals surface area (Å²) in [5.41, 5.74) is 15.9. The number of nitrogens with one attached hydrogen (secondary N) is 3. The number of benzene rings is 2. The molecule has 0 bridgehead atoms. The quantitative estimate of drug-likeness (QED) is 0.138. The van der Waals surface area contributed by atoms with Crippen molar-refractivity contribution in [2.75, 3.05) is 31.9 Å². The van der Waals surface area contributed by atoms with Gasteiger partial charge in [-0.3, -0.25) is 0 Å². The molecule has 0 aromatic heterocycles. The van der Waals surface area contributed by atoms with E-state index in [-0.39, 0.29) is 6.04 Å². The second-order valence-electron chi connectivity index (χ2n) is 12.1. The first-order valence-corrected chi connectivity index (χ1v) is 17.9. The number of allylic oxidation sites excluding steroid dienone is 1. The third-order valence-electron chi connectivity index (χ3n) is 6.70. The largest absolute Gasteiger partial charge is 0.405 e. The van der Waals surface area contributed by atoms with Crippen LogP contribution in [0.4, 0.5) is 0 Å². The van der Waals surface area contributed by atoms with Crippen molar-refractivity contribution in [3.8, 4) is 0 Å². The van der Waals surface area contributed by atoms with Crippen molar-refractivity contribution in [3.63, 3.8) is 0 Å². The van der Waals surface area contributed by atoms with Crippen LogP contribution in [-0.2, 0) is 6.42 Å². The van der Waals surface area contributed by atoms with Crippen LogP contribution in [0.3, 0.4) is 0 Å². The zero-order valence-electron chi connectivity index (χ0n) is 30.7. The highest BCUT2D eigenvalue weighted by molar-refractivity contribution is 8.00. The number of hydrogen-bond acceptors (Lipinski definition) is 7. The van der Waals surface area contributed by atoms with Gasteiger partial charge in [-0.1, -0.05) is 120 Å². The monoisotopic (exact) mass is 665 g/mol. The van der Waals surface area contributed by atoms with Crippen LogP contribution in [0.5, 0.6) is 0 Å². The van der Waals surface area contributed by atoms with E-state index in [4.69, 9.17) is 11.1 Å². The molecule has 3 rings (SSSR count). The second-order valence-corrected chi connectivity index (χ2v) is 13.4. The molecule has 0 amide bonds. The van der Waals surface area contributed by atoms with Crippen molar-refractivity contribution in [1.82, 2.24) is 15.5 Å². The lowest BCUT2D eigenvalue weighted by Gasteiger charge is -2.38. The van der Waals surface area contributed by atoms with E-state index in [1.54, 1.807) is 6.20 Å². The Morgan fingerprint density at radius 1 is 1.04 bits per heavy atom. The molecule has 6 nitrogen and oxygen atoms in total. The first-order valence-electron chi connectivity index (χ1n) is 16.9. The maximum atomic E-state index is 7.79. The van der Waals surface area contributed by atoms with Crippen molar-refractivity contribution in [3.05, 3.63) is 122 Å². The second kappa shape index (κ2) is 29.9. The van der Waals surface area contributed by atoms with Crippen LogP contribution in [0.2, 0.25) is 0 Å². The number of rotatable bonds is 13. The zero-order valence-corrected chi connectivity index (χ0v) is 31.5. The Bertz CT molecular complexity index is 1080. The third-order valence-corrected chi connectivity index (χ3v) is 8.02. The van der Waals surface area contributed by atoms with Crippen molar-refractivity contribution in [1.29, 1.82) is 5.41 Å². The molecular formula is C40H68N6S. The minimum absolute atomic E-state index is 0.204. The molecule has 1 saturated heterocycles. The highest BCUT2D eigenvalue weighted by atomic mass is 32.2. The van der Waals surface area contributed by atoms with Gasteiger partial charge in [0.05, 0.1) is 11.3 Å². The van der Waals surface area contributed by atoms with E-state index in [1.807, 2.05) is 43.0 Å². The maximum absolute atomic E-state index is 7.79. The summed E-state index contributed by atoms with van der Waals surface area (Å²) in [6.07, 6.45) is 5.98. The molecule has 0 saturated carbocycles. The summed E-state index contributed by atoms with van der Waals surface area (Å²) in [6, 6.07) is 21.0. The van der Waals surface area contributed by atoms with Crippen LogP contribution < -0.4 is 22.1 Å². The van der Waals surface area contributed by atoms with Gasteiger partial charge < -0.3 is 32.4 Å². The van der Waals surface area contributed by atoms with Crippen molar-refractivity contribution in [2.45, 2.75) is 79.0 Å². The van der Waals surface area contributed by atoms with Crippen LogP contribution in [0.1, 0.15) is 65.5 Å². The Balaban J connectivity index is 0. The smallest absolute Gasteiger partial charge is 0.0650 e. The van der Waals surface area contributed by atoms with Gasteiger partial charge >= 0.3 is 0 Å². The maximum Gasteiger partial charge on any atom is 0.0650 e. The summed E-state index contributed by atoms with van der Waals surface area (Å²) in [4.78, 5) is 2.30. The molecule has 0 aliphatic carbocycles. The number of aryl methyl sites for hydroxylation is 1. The standard InChI is InChI=1S/C14H26N4S.C13H19N.C7H8.C4H10.C2H5N/c1-4-17-13(6-5-7-15)12(3)18-8-9-19-14(10-18)11(2)16;1-4-14-12(3)11(2)10-13-8-6-5-7-9-13;1-7-5-3-2-4-6-7;1-4(2)3;1-2-3/h4,13-14,16-17H,1,3,5-10,15H2,2H3;5-9,11,14H,3-4,10H2,1-2H3;2-6H,1H3;4H,1-3H3;2H,1,3H2. The number of nitrogens with zero attached hydrogens (tertiary/aromatic N) is 1. The Morgan fingerprint density at radius 3 is 2.00 bits per heavy atom. The minimum atomic E-state index is 0.204. The van der Waals surface area contributed by atoms with Crippen LogP contribution in [0.15, 0.2) is 111 Å². The van der Waals surface area contributed by atoms with E-state index in [9.17, 15) is 0 Å². The Hall–Kier alpha value is -3.42. The minimum Gasteiger partial charge on any atom is -0.405 e. The van der Waals surface area contributed by atoms with E-state index in [2.05, 4.69) is 126 Å². The molecule has 7 N–H and O–H groups in total. The Morgan fingerprint density at radius 2 is 1.57 bits per heavy atom. The average molecular weight is 665 g/mol. The van der Waals surface area contributed by atoms with Crippen LogP contribution in [0, 0.1) is 24.2 Å². The summed E-state index contributed by atoms with van der Waals surface area (Å²) in [5.74, 6) is 2.38. The molecule has 0 radical (unpaired) electrons. The van der Waals surface area contributed by atoms with Gasteiger partial charge in [0, 0.05) is 42.5 Å². The number of hydrogen-bond donors (Lipinski definition) is 5. The zero-order chi connectivity index (χ0) is 36.0.